The van der Waals surface area contributed by atoms with Crippen molar-refractivity contribution in [2.24, 2.45) is 0 Å². The lowest BCUT2D eigenvalue weighted by Gasteiger charge is -2.13. The Kier molecular flexibility index (Phi) is 5.40. The van der Waals surface area contributed by atoms with Gasteiger partial charge in [-0.25, -0.2) is 0 Å². The molecule has 1 heterocycles. The summed E-state index contributed by atoms with van der Waals surface area (Å²) in [4.78, 5) is 38.0. The number of ether oxygens (including phenoxy) is 1. The van der Waals surface area contributed by atoms with Crippen molar-refractivity contribution in [1.29, 1.82) is 0 Å². The first-order valence-corrected chi connectivity index (χ1v) is 8.59. The third-order valence-corrected chi connectivity index (χ3v) is 4.53. The summed E-state index contributed by atoms with van der Waals surface area (Å²) in [7, 11) is 3.24. The van der Waals surface area contributed by atoms with E-state index in [0.29, 0.717) is 18.5 Å². The van der Waals surface area contributed by atoms with Crippen molar-refractivity contribution >= 4 is 23.4 Å². The molecule has 0 radical (unpaired) electrons. The first-order valence-electron chi connectivity index (χ1n) is 8.59. The zero-order valence-electron chi connectivity index (χ0n) is 15.2. The Morgan fingerprint density at radius 1 is 1.07 bits per heavy atom. The van der Waals surface area contributed by atoms with E-state index < -0.39 is 17.9 Å². The number of fused-ring (bicyclic) bond motifs is 1. The number of nitrogens with one attached hydrogen (secondary N) is 2. The number of amides is 3. The predicted molar refractivity (Wildman–Crippen MR) is 100 cm³/mol. The van der Waals surface area contributed by atoms with Crippen molar-refractivity contribution in [3.8, 4) is 5.75 Å². The summed E-state index contributed by atoms with van der Waals surface area (Å²) in [6.07, 6.45) is 0.580. The summed E-state index contributed by atoms with van der Waals surface area (Å²) in [5.74, 6) is -1.10. The van der Waals surface area contributed by atoms with Crippen molar-refractivity contribution in [3.63, 3.8) is 0 Å². The molecule has 0 aliphatic carbocycles. The number of benzene rings is 2. The van der Waals surface area contributed by atoms with Gasteiger partial charge in [0.15, 0.2) is 0 Å². The third-order valence-electron chi connectivity index (χ3n) is 4.53. The van der Waals surface area contributed by atoms with E-state index in [9.17, 15) is 14.4 Å². The SMILES string of the molecule is COc1ccc(CCNC(=O)C(=O)NC2C(=O)N(C)c3ccccc32)cc1. The Morgan fingerprint density at radius 2 is 1.78 bits per heavy atom. The van der Waals surface area contributed by atoms with Crippen LogP contribution in [-0.2, 0) is 20.8 Å². The highest BCUT2D eigenvalue weighted by molar-refractivity contribution is 6.35. The highest BCUT2D eigenvalue weighted by Gasteiger charge is 2.36. The lowest BCUT2D eigenvalue weighted by molar-refractivity contribution is -0.140. The largest absolute Gasteiger partial charge is 0.497 e. The second-order valence-electron chi connectivity index (χ2n) is 6.22. The molecule has 2 aromatic rings. The van der Waals surface area contributed by atoms with Crippen molar-refractivity contribution in [1.82, 2.24) is 10.6 Å². The highest BCUT2D eigenvalue weighted by Crippen LogP contribution is 2.34. The summed E-state index contributed by atoms with van der Waals surface area (Å²) in [5.41, 5.74) is 2.43. The van der Waals surface area contributed by atoms with Crippen LogP contribution in [0.15, 0.2) is 48.5 Å². The summed E-state index contributed by atoms with van der Waals surface area (Å²) < 4.78 is 5.09. The van der Waals surface area contributed by atoms with Crippen molar-refractivity contribution < 1.29 is 19.1 Å². The second-order valence-corrected chi connectivity index (χ2v) is 6.22. The first-order chi connectivity index (χ1) is 13.0. The summed E-state index contributed by atoms with van der Waals surface area (Å²) in [5, 5.41) is 5.10. The fourth-order valence-electron chi connectivity index (χ4n) is 3.01. The molecule has 2 aromatic carbocycles. The molecule has 7 nitrogen and oxygen atoms in total. The summed E-state index contributed by atoms with van der Waals surface area (Å²) in [6.45, 7) is 0.313. The van der Waals surface area contributed by atoms with Crippen LogP contribution in [-0.4, -0.2) is 38.4 Å². The van der Waals surface area contributed by atoms with Gasteiger partial charge >= 0.3 is 11.8 Å². The number of hydrogen-bond acceptors (Lipinski definition) is 4. The molecule has 140 valence electrons. The fourth-order valence-corrected chi connectivity index (χ4v) is 3.01. The average Bonchev–Trinajstić information content (AvgIpc) is 2.93. The quantitative estimate of drug-likeness (QED) is 0.777. The number of likely N-dealkylation sites (N-methyl/N-ethyl adjacent to an activating group) is 1. The van der Waals surface area contributed by atoms with E-state index >= 15 is 0 Å². The third kappa shape index (κ3) is 3.92. The maximum atomic E-state index is 12.3. The molecule has 0 saturated carbocycles. The van der Waals surface area contributed by atoms with Crippen LogP contribution in [0.5, 0.6) is 5.75 Å². The standard InChI is InChI=1S/C20H21N3O4/c1-23-16-6-4-3-5-15(16)17(20(23)26)22-19(25)18(24)21-12-11-13-7-9-14(27-2)10-8-13/h3-10,17H,11-12H2,1-2H3,(H,21,24)(H,22,25). The molecule has 0 bridgehead atoms. The van der Waals surface area contributed by atoms with Crippen LogP contribution in [0, 0.1) is 0 Å². The Morgan fingerprint density at radius 3 is 2.48 bits per heavy atom. The number of carbonyl (C=O) groups is 3. The van der Waals surface area contributed by atoms with Crippen molar-refractivity contribution in [2.75, 3.05) is 25.6 Å². The summed E-state index contributed by atoms with van der Waals surface area (Å²) >= 11 is 0. The van der Waals surface area contributed by atoms with E-state index in [2.05, 4.69) is 10.6 Å². The molecular weight excluding hydrogens is 346 g/mol. The number of carbonyl (C=O) groups excluding carboxylic acids is 3. The Labute approximate surface area is 157 Å². The molecule has 0 aromatic heterocycles. The Hall–Kier alpha value is -3.35. The molecule has 0 fully saturated rings. The predicted octanol–water partition coefficient (Wildman–Crippen LogP) is 1.19. The van der Waals surface area contributed by atoms with Gasteiger partial charge in [0.05, 0.1) is 7.11 Å². The number of nitrogens with zero attached hydrogens (tertiary/aromatic N) is 1. The molecule has 1 unspecified atom stereocenters. The van der Waals surface area contributed by atoms with Gasteiger partial charge in [0, 0.05) is 24.8 Å². The van der Waals surface area contributed by atoms with E-state index in [4.69, 9.17) is 4.74 Å². The molecule has 3 amide bonds. The van der Waals surface area contributed by atoms with E-state index in [0.717, 1.165) is 17.0 Å². The van der Waals surface area contributed by atoms with Crippen molar-refractivity contribution in [3.05, 3.63) is 59.7 Å². The smallest absolute Gasteiger partial charge is 0.310 e. The number of rotatable bonds is 5. The first kappa shape index (κ1) is 18.4. The number of methoxy groups -OCH3 is 1. The maximum Gasteiger partial charge on any atom is 0.310 e. The Balaban J connectivity index is 1.53. The van der Waals surface area contributed by atoms with Crippen LogP contribution in [0.3, 0.4) is 0 Å². The molecule has 2 N–H and O–H groups in total. The highest BCUT2D eigenvalue weighted by atomic mass is 16.5. The molecule has 1 atom stereocenters. The monoisotopic (exact) mass is 367 g/mol. The molecule has 0 spiro atoms. The Bertz CT molecular complexity index is 864. The van der Waals surface area contributed by atoms with Crippen LogP contribution < -0.4 is 20.3 Å². The fraction of sp³-hybridized carbons (Fsp3) is 0.250. The molecule has 7 heteroatoms. The number of anilines is 1. The molecule has 27 heavy (non-hydrogen) atoms. The van der Waals surface area contributed by atoms with Crippen LogP contribution >= 0.6 is 0 Å². The molecule has 0 saturated heterocycles. The number of para-hydroxylation sites is 1. The van der Waals surface area contributed by atoms with Gasteiger partial charge in [-0.15, -0.1) is 0 Å². The topological polar surface area (TPSA) is 87.7 Å². The van der Waals surface area contributed by atoms with E-state index in [1.54, 1.807) is 32.4 Å². The maximum absolute atomic E-state index is 12.3. The van der Waals surface area contributed by atoms with Gasteiger partial charge in [-0.1, -0.05) is 30.3 Å². The zero-order chi connectivity index (χ0) is 19.4. The van der Waals surface area contributed by atoms with Crippen molar-refractivity contribution in [2.45, 2.75) is 12.5 Å². The molecular formula is C20H21N3O4. The van der Waals surface area contributed by atoms with Gasteiger partial charge in [-0.05, 0) is 30.2 Å². The molecule has 3 rings (SSSR count). The van der Waals surface area contributed by atoms with Gasteiger partial charge in [0.1, 0.15) is 11.8 Å². The van der Waals surface area contributed by atoms with Gasteiger partial charge in [0.25, 0.3) is 5.91 Å². The second kappa shape index (κ2) is 7.90. The molecule has 1 aliphatic rings. The summed E-state index contributed by atoms with van der Waals surface area (Å²) in [6, 6.07) is 13.8. The van der Waals surface area contributed by atoms with Gasteiger partial charge < -0.3 is 20.3 Å². The van der Waals surface area contributed by atoms with Gasteiger partial charge in [-0.3, -0.25) is 14.4 Å². The van der Waals surface area contributed by atoms with Crippen LogP contribution in [0.2, 0.25) is 0 Å². The molecule has 1 aliphatic heterocycles. The van der Waals surface area contributed by atoms with Crippen LogP contribution in [0.4, 0.5) is 5.69 Å². The normalized spacial score (nSPS) is 15.3. The minimum absolute atomic E-state index is 0.268. The number of hydrogen-bond donors (Lipinski definition) is 2. The van der Waals surface area contributed by atoms with Crippen LogP contribution in [0.25, 0.3) is 0 Å². The van der Waals surface area contributed by atoms with E-state index in [1.807, 2.05) is 30.3 Å². The minimum Gasteiger partial charge on any atom is -0.497 e. The average molecular weight is 367 g/mol. The lowest BCUT2D eigenvalue weighted by atomic mass is 10.1. The zero-order valence-corrected chi connectivity index (χ0v) is 15.2. The minimum atomic E-state index is -0.842. The van der Waals surface area contributed by atoms with Gasteiger partial charge in [0.2, 0.25) is 0 Å². The van der Waals surface area contributed by atoms with Crippen LogP contribution in [0.1, 0.15) is 17.2 Å². The lowest BCUT2D eigenvalue weighted by Crippen LogP contribution is -2.44. The van der Waals surface area contributed by atoms with Gasteiger partial charge in [-0.2, -0.15) is 0 Å². The van der Waals surface area contributed by atoms with E-state index in [-0.39, 0.29) is 5.91 Å². The van der Waals surface area contributed by atoms with E-state index in [1.165, 1.54) is 4.90 Å².